The van der Waals surface area contributed by atoms with Gasteiger partial charge in [-0.2, -0.15) is 0 Å². The SMILES string of the molecule is Cl.NCc1c(F)ccc2c1CCO2. The lowest BCUT2D eigenvalue weighted by Crippen LogP contribution is -2.03. The molecule has 0 saturated carbocycles. The van der Waals surface area contributed by atoms with Gasteiger partial charge in [0, 0.05) is 24.1 Å². The van der Waals surface area contributed by atoms with Crippen LogP contribution in [-0.2, 0) is 13.0 Å². The number of nitrogens with two attached hydrogens (primary N) is 1. The van der Waals surface area contributed by atoms with Crippen LogP contribution in [-0.4, -0.2) is 6.61 Å². The quantitative estimate of drug-likeness (QED) is 0.753. The van der Waals surface area contributed by atoms with Gasteiger partial charge in [-0.25, -0.2) is 4.39 Å². The minimum absolute atomic E-state index is 0. The van der Waals surface area contributed by atoms with Crippen molar-refractivity contribution in [1.29, 1.82) is 0 Å². The Morgan fingerprint density at radius 2 is 2.23 bits per heavy atom. The van der Waals surface area contributed by atoms with Crippen molar-refractivity contribution in [1.82, 2.24) is 0 Å². The molecule has 0 aliphatic carbocycles. The zero-order valence-corrected chi connectivity index (χ0v) is 7.86. The molecule has 2 nitrogen and oxygen atoms in total. The standard InChI is InChI=1S/C9H10FNO.ClH/c10-8-1-2-9-6(3-4-12-9)7(8)5-11;/h1-2H,3-5,11H2;1H. The topological polar surface area (TPSA) is 35.2 Å². The lowest BCUT2D eigenvalue weighted by molar-refractivity contribution is 0.356. The summed E-state index contributed by atoms with van der Waals surface area (Å²) in [6.07, 6.45) is 0.777. The van der Waals surface area contributed by atoms with E-state index in [0.717, 1.165) is 17.7 Å². The van der Waals surface area contributed by atoms with Crippen LogP contribution in [0.3, 0.4) is 0 Å². The first-order valence-electron chi connectivity index (χ1n) is 3.96. The average Bonchev–Trinajstić information content (AvgIpc) is 2.52. The summed E-state index contributed by atoms with van der Waals surface area (Å²) in [6, 6.07) is 3.07. The fourth-order valence-corrected chi connectivity index (χ4v) is 1.54. The minimum Gasteiger partial charge on any atom is -0.493 e. The monoisotopic (exact) mass is 203 g/mol. The first-order valence-corrected chi connectivity index (χ1v) is 3.96. The summed E-state index contributed by atoms with van der Waals surface area (Å²) in [5.41, 5.74) is 6.97. The normalized spacial score (nSPS) is 13.1. The molecule has 72 valence electrons. The third kappa shape index (κ3) is 1.62. The van der Waals surface area contributed by atoms with Gasteiger partial charge in [0.1, 0.15) is 11.6 Å². The van der Waals surface area contributed by atoms with Crippen LogP contribution < -0.4 is 10.5 Å². The van der Waals surface area contributed by atoms with Crippen molar-refractivity contribution in [3.8, 4) is 5.75 Å². The maximum Gasteiger partial charge on any atom is 0.128 e. The summed E-state index contributed by atoms with van der Waals surface area (Å²) in [4.78, 5) is 0. The van der Waals surface area contributed by atoms with Gasteiger partial charge < -0.3 is 10.5 Å². The Balaban J connectivity index is 0.000000845. The van der Waals surface area contributed by atoms with E-state index < -0.39 is 0 Å². The Morgan fingerprint density at radius 1 is 1.46 bits per heavy atom. The molecule has 1 aromatic rings. The fourth-order valence-electron chi connectivity index (χ4n) is 1.54. The Bertz CT molecular complexity index is 317. The van der Waals surface area contributed by atoms with Crippen molar-refractivity contribution in [3.63, 3.8) is 0 Å². The molecule has 0 fully saturated rings. The summed E-state index contributed by atoms with van der Waals surface area (Å²) in [7, 11) is 0. The van der Waals surface area contributed by atoms with Crippen LogP contribution in [0.1, 0.15) is 11.1 Å². The third-order valence-electron chi connectivity index (χ3n) is 2.14. The zero-order chi connectivity index (χ0) is 8.55. The van der Waals surface area contributed by atoms with E-state index in [0.29, 0.717) is 12.2 Å². The van der Waals surface area contributed by atoms with E-state index in [1.807, 2.05) is 0 Å². The number of halogens is 2. The molecule has 1 aliphatic rings. The fraction of sp³-hybridized carbons (Fsp3) is 0.333. The second-order valence-corrected chi connectivity index (χ2v) is 2.81. The van der Waals surface area contributed by atoms with Crippen LogP contribution in [0.4, 0.5) is 4.39 Å². The van der Waals surface area contributed by atoms with Gasteiger partial charge in [-0.1, -0.05) is 0 Å². The van der Waals surface area contributed by atoms with E-state index in [1.165, 1.54) is 6.07 Å². The van der Waals surface area contributed by atoms with Crippen molar-refractivity contribution in [2.75, 3.05) is 6.61 Å². The summed E-state index contributed by atoms with van der Waals surface area (Å²) >= 11 is 0. The number of hydrogen-bond acceptors (Lipinski definition) is 2. The highest BCUT2D eigenvalue weighted by atomic mass is 35.5. The second-order valence-electron chi connectivity index (χ2n) is 2.81. The van der Waals surface area contributed by atoms with E-state index in [4.69, 9.17) is 10.5 Å². The molecule has 1 aromatic carbocycles. The van der Waals surface area contributed by atoms with Crippen LogP contribution in [0.15, 0.2) is 12.1 Å². The second kappa shape index (κ2) is 3.94. The zero-order valence-electron chi connectivity index (χ0n) is 7.05. The van der Waals surface area contributed by atoms with E-state index in [-0.39, 0.29) is 24.8 Å². The van der Waals surface area contributed by atoms with Crippen molar-refractivity contribution in [3.05, 3.63) is 29.1 Å². The van der Waals surface area contributed by atoms with Gasteiger partial charge in [-0.15, -0.1) is 12.4 Å². The average molecular weight is 204 g/mol. The largest absolute Gasteiger partial charge is 0.493 e. The maximum atomic E-state index is 13.1. The summed E-state index contributed by atoms with van der Waals surface area (Å²) in [5.74, 6) is 0.568. The highest BCUT2D eigenvalue weighted by Crippen LogP contribution is 2.29. The summed E-state index contributed by atoms with van der Waals surface area (Å²) in [6.45, 7) is 0.893. The Labute approximate surface area is 82.3 Å². The minimum atomic E-state index is -0.221. The maximum absolute atomic E-state index is 13.1. The first kappa shape index (κ1) is 10.3. The summed E-state index contributed by atoms with van der Waals surface area (Å²) < 4.78 is 18.4. The predicted octanol–water partition coefficient (Wildman–Crippen LogP) is 1.64. The van der Waals surface area contributed by atoms with Crippen molar-refractivity contribution < 1.29 is 9.13 Å². The molecule has 2 N–H and O–H groups in total. The first-order chi connectivity index (χ1) is 5.83. The van der Waals surface area contributed by atoms with Crippen LogP contribution in [0.2, 0.25) is 0 Å². The van der Waals surface area contributed by atoms with E-state index in [9.17, 15) is 4.39 Å². The molecule has 1 aliphatic heterocycles. The number of fused-ring (bicyclic) bond motifs is 1. The molecule has 13 heavy (non-hydrogen) atoms. The number of benzene rings is 1. The molecule has 2 rings (SSSR count). The Morgan fingerprint density at radius 3 is 2.92 bits per heavy atom. The molecule has 0 atom stereocenters. The lowest BCUT2D eigenvalue weighted by Gasteiger charge is -2.04. The molecule has 0 spiro atoms. The van der Waals surface area contributed by atoms with Crippen LogP contribution >= 0.6 is 12.4 Å². The summed E-state index contributed by atoms with van der Waals surface area (Å²) in [5, 5.41) is 0. The Hall–Kier alpha value is -0.800. The number of hydrogen-bond donors (Lipinski definition) is 1. The van der Waals surface area contributed by atoms with Gasteiger partial charge in [0.15, 0.2) is 0 Å². The van der Waals surface area contributed by atoms with Crippen molar-refractivity contribution in [2.24, 2.45) is 5.73 Å². The molecule has 0 radical (unpaired) electrons. The number of rotatable bonds is 1. The van der Waals surface area contributed by atoms with Gasteiger partial charge in [-0.05, 0) is 12.1 Å². The van der Waals surface area contributed by atoms with E-state index in [2.05, 4.69) is 0 Å². The molecule has 0 unspecified atom stereocenters. The molecule has 1 heterocycles. The van der Waals surface area contributed by atoms with Crippen LogP contribution in [0.25, 0.3) is 0 Å². The molecule has 4 heteroatoms. The highest BCUT2D eigenvalue weighted by Gasteiger charge is 2.17. The van der Waals surface area contributed by atoms with Crippen LogP contribution in [0, 0.1) is 5.82 Å². The van der Waals surface area contributed by atoms with E-state index >= 15 is 0 Å². The van der Waals surface area contributed by atoms with Gasteiger partial charge in [0.2, 0.25) is 0 Å². The highest BCUT2D eigenvalue weighted by molar-refractivity contribution is 5.85. The Kier molecular flexibility index (Phi) is 3.12. The van der Waals surface area contributed by atoms with Crippen LogP contribution in [0.5, 0.6) is 5.75 Å². The predicted molar refractivity (Wildman–Crippen MR) is 50.7 cm³/mol. The number of ether oxygens (including phenoxy) is 1. The van der Waals surface area contributed by atoms with Crippen molar-refractivity contribution >= 4 is 12.4 Å². The molecular formula is C9H11ClFNO. The molecule has 0 aromatic heterocycles. The smallest absolute Gasteiger partial charge is 0.128 e. The molecule has 0 saturated heterocycles. The molecule has 0 bridgehead atoms. The lowest BCUT2D eigenvalue weighted by atomic mass is 10.0. The van der Waals surface area contributed by atoms with Gasteiger partial charge in [-0.3, -0.25) is 0 Å². The van der Waals surface area contributed by atoms with Crippen molar-refractivity contribution in [2.45, 2.75) is 13.0 Å². The molecular weight excluding hydrogens is 193 g/mol. The van der Waals surface area contributed by atoms with Gasteiger partial charge in [0.25, 0.3) is 0 Å². The molecule has 0 amide bonds. The van der Waals surface area contributed by atoms with Gasteiger partial charge in [0.05, 0.1) is 6.61 Å². The third-order valence-corrected chi connectivity index (χ3v) is 2.14. The van der Waals surface area contributed by atoms with Gasteiger partial charge >= 0.3 is 0 Å². The van der Waals surface area contributed by atoms with E-state index in [1.54, 1.807) is 6.07 Å².